The lowest BCUT2D eigenvalue weighted by Gasteiger charge is -2.12. The summed E-state index contributed by atoms with van der Waals surface area (Å²) in [5.41, 5.74) is 1.65. The molecule has 34 heavy (non-hydrogen) atoms. The number of nitriles is 1. The molecule has 0 radical (unpaired) electrons. The van der Waals surface area contributed by atoms with Crippen LogP contribution in [0, 0.1) is 21.4 Å². The predicted octanol–water partition coefficient (Wildman–Crippen LogP) is 6.25. The molecule has 0 aliphatic carbocycles. The third-order valence-electron chi connectivity index (χ3n) is 4.55. The monoisotopic (exact) mass is 585 g/mol. The first-order valence-electron chi connectivity index (χ1n) is 9.73. The van der Waals surface area contributed by atoms with Crippen LogP contribution in [0.15, 0.2) is 75.2 Å². The summed E-state index contributed by atoms with van der Waals surface area (Å²) in [5, 5.41) is 23.1. The van der Waals surface area contributed by atoms with Gasteiger partial charge in [-0.15, -0.1) is 0 Å². The average Bonchev–Trinajstić information content (AvgIpc) is 2.82. The Morgan fingerprint density at radius 1 is 1.15 bits per heavy atom. The van der Waals surface area contributed by atoms with Gasteiger partial charge in [-0.25, -0.2) is 0 Å². The Morgan fingerprint density at radius 3 is 2.41 bits per heavy atom. The number of benzene rings is 3. The Morgan fingerprint density at radius 2 is 1.82 bits per heavy atom. The van der Waals surface area contributed by atoms with Crippen molar-refractivity contribution in [2.24, 2.45) is 0 Å². The van der Waals surface area contributed by atoms with Crippen molar-refractivity contribution >= 4 is 55.2 Å². The number of nitrogens with zero attached hydrogens (tertiary/aromatic N) is 2. The smallest absolute Gasteiger partial charge is 0.269 e. The number of nitro benzene ring substituents is 1. The number of carbonyl (C=O) groups is 1. The van der Waals surface area contributed by atoms with E-state index in [1.807, 2.05) is 6.07 Å². The van der Waals surface area contributed by atoms with Crippen LogP contribution in [0.4, 0.5) is 11.4 Å². The molecule has 0 heterocycles. The van der Waals surface area contributed by atoms with Gasteiger partial charge < -0.3 is 14.8 Å². The first-order valence-corrected chi connectivity index (χ1v) is 11.3. The number of carbonyl (C=O) groups excluding carboxylic acids is 1. The Balaban J connectivity index is 1.75. The maximum atomic E-state index is 12.5. The zero-order valence-electron chi connectivity index (χ0n) is 17.7. The fourth-order valence-electron chi connectivity index (χ4n) is 2.90. The van der Waals surface area contributed by atoms with E-state index in [-0.39, 0.29) is 17.9 Å². The summed E-state index contributed by atoms with van der Waals surface area (Å²) in [6, 6.07) is 18.2. The molecule has 0 aliphatic heterocycles. The minimum absolute atomic E-state index is 0.0170. The molecule has 0 fully saturated rings. The molecule has 0 saturated heterocycles. The van der Waals surface area contributed by atoms with Gasteiger partial charge in [-0.1, -0.05) is 12.1 Å². The average molecular weight is 587 g/mol. The number of halogens is 2. The second-order valence-electron chi connectivity index (χ2n) is 6.88. The van der Waals surface area contributed by atoms with Crippen LogP contribution in [0.1, 0.15) is 11.1 Å². The standard InChI is InChI=1S/C24H17Br2N3O5/c1-33-20-7-5-18(6-8-20)28-24(30)17(13-27)9-16-11-21(25)23(22(26)12-16)34-14-15-3-2-4-19(10-15)29(31)32/h2-12H,14H2,1H3,(H,28,30)/b17-9-. The van der Waals surface area contributed by atoms with Crippen LogP contribution in [-0.2, 0) is 11.4 Å². The van der Waals surface area contributed by atoms with Crippen LogP contribution in [0.25, 0.3) is 6.08 Å². The van der Waals surface area contributed by atoms with E-state index in [1.165, 1.54) is 18.2 Å². The number of anilines is 1. The van der Waals surface area contributed by atoms with E-state index in [0.717, 1.165) is 0 Å². The lowest BCUT2D eigenvalue weighted by Crippen LogP contribution is -2.13. The zero-order chi connectivity index (χ0) is 24.7. The van der Waals surface area contributed by atoms with Crippen LogP contribution in [0.3, 0.4) is 0 Å². The maximum absolute atomic E-state index is 12.5. The van der Waals surface area contributed by atoms with Gasteiger partial charge in [0.15, 0.2) is 0 Å². The largest absolute Gasteiger partial charge is 0.497 e. The normalized spacial score (nSPS) is 10.8. The molecule has 3 aromatic carbocycles. The van der Waals surface area contributed by atoms with Crippen LogP contribution < -0.4 is 14.8 Å². The van der Waals surface area contributed by atoms with Gasteiger partial charge in [0.25, 0.3) is 11.6 Å². The summed E-state index contributed by atoms with van der Waals surface area (Å²) in [7, 11) is 1.55. The fraction of sp³-hybridized carbons (Fsp3) is 0.0833. The molecule has 0 aromatic heterocycles. The van der Waals surface area contributed by atoms with Gasteiger partial charge in [0.2, 0.25) is 0 Å². The van der Waals surface area contributed by atoms with Gasteiger partial charge >= 0.3 is 0 Å². The molecule has 3 aromatic rings. The van der Waals surface area contributed by atoms with Crippen LogP contribution >= 0.6 is 31.9 Å². The summed E-state index contributed by atoms with van der Waals surface area (Å²) in [6.45, 7) is 0.113. The highest BCUT2D eigenvalue weighted by atomic mass is 79.9. The quantitative estimate of drug-likeness (QED) is 0.144. The first-order chi connectivity index (χ1) is 16.3. The van der Waals surface area contributed by atoms with E-state index in [0.29, 0.717) is 37.3 Å². The minimum atomic E-state index is -0.550. The molecule has 0 unspecified atom stereocenters. The van der Waals surface area contributed by atoms with Crippen molar-refractivity contribution in [2.45, 2.75) is 6.61 Å². The Labute approximate surface area is 212 Å². The van der Waals surface area contributed by atoms with Gasteiger partial charge in [0.05, 0.1) is 21.0 Å². The molecule has 10 heteroatoms. The number of nitro groups is 1. The van der Waals surface area contributed by atoms with E-state index in [4.69, 9.17) is 9.47 Å². The highest BCUT2D eigenvalue weighted by Gasteiger charge is 2.14. The Bertz CT molecular complexity index is 1280. The van der Waals surface area contributed by atoms with E-state index in [2.05, 4.69) is 37.2 Å². The molecular formula is C24H17Br2N3O5. The summed E-state index contributed by atoms with van der Waals surface area (Å²) >= 11 is 6.88. The van der Waals surface area contributed by atoms with Gasteiger partial charge in [0.1, 0.15) is 29.7 Å². The zero-order valence-corrected chi connectivity index (χ0v) is 20.9. The fourth-order valence-corrected chi connectivity index (χ4v) is 4.35. The number of non-ortho nitro benzene ring substituents is 1. The molecule has 172 valence electrons. The molecule has 0 spiro atoms. The van der Waals surface area contributed by atoms with Crippen LogP contribution in [0.5, 0.6) is 11.5 Å². The Hall–Kier alpha value is -3.68. The summed E-state index contributed by atoms with van der Waals surface area (Å²) in [5.74, 6) is 0.576. The van der Waals surface area contributed by atoms with Gasteiger partial charge in [-0.2, -0.15) is 5.26 Å². The maximum Gasteiger partial charge on any atom is 0.269 e. The first kappa shape index (κ1) is 25.0. The number of ether oxygens (including phenoxy) is 2. The number of methoxy groups -OCH3 is 1. The number of hydrogen-bond donors (Lipinski definition) is 1. The van der Waals surface area contributed by atoms with Gasteiger partial charge in [-0.3, -0.25) is 14.9 Å². The van der Waals surface area contributed by atoms with Crippen molar-refractivity contribution < 1.29 is 19.2 Å². The minimum Gasteiger partial charge on any atom is -0.497 e. The van der Waals surface area contributed by atoms with Crippen molar-refractivity contribution in [3.8, 4) is 17.6 Å². The van der Waals surface area contributed by atoms with Gasteiger partial charge in [0, 0.05) is 17.8 Å². The van der Waals surface area contributed by atoms with Crippen molar-refractivity contribution in [1.29, 1.82) is 5.26 Å². The lowest BCUT2D eigenvalue weighted by molar-refractivity contribution is -0.384. The SMILES string of the molecule is COc1ccc(NC(=O)/C(C#N)=C\c2cc(Br)c(OCc3cccc([N+](=O)[O-])c3)c(Br)c2)cc1. The summed E-state index contributed by atoms with van der Waals surface area (Å²) in [4.78, 5) is 23.0. The molecule has 3 rings (SSSR count). The lowest BCUT2D eigenvalue weighted by atomic mass is 10.1. The van der Waals surface area contributed by atoms with Crippen LogP contribution in [0.2, 0.25) is 0 Å². The molecular weight excluding hydrogens is 570 g/mol. The molecule has 1 N–H and O–H groups in total. The van der Waals surface area contributed by atoms with E-state index < -0.39 is 10.8 Å². The third-order valence-corrected chi connectivity index (χ3v) is 5.73. The van der Waals surface area contributed by atoms with Crippen molar-refractivity contribution in [1.82, 2.24) is 0 Å². The molecule has 0 aliphatic rings. The predicted molar refractivity (Wildman–Crippen MR) is 134 cm³/mol. The second kappa shape index (κ2) is 11.4. The van der Waals surface area contributed by atoms with Crippen molar-refractivity contribution in [3.63, 3.8) is 0 Å². The molecule has 0 atom stereocenters. The highest BCUT2D eigenvalue weighted by Crippen LogP contribution is 2.36. The van der Waals surface area contributed by atoms with Crippen molar-refractivity contribution in [3.05, 3.63) is 96.4 Å². The summed E-state index contributed by atoms with van der Waals surface area (Å²) in [6.07, 6.45) is 1.46. The van der Waals surface area contributed by atoms with E-state index in [1.54, 1.807) is 55.6 Å². The second-order valence-corrected chi connectivity index (χ2v) is 8.59. The molecule has 0 saturated carbocycles. The number of hydrogen-bond acceptors (Lipinski definition) is 6. The molecule has 0 bridgehead atoms. The van der Waals surface area contributed by atoms with E-state index in [9.17, 15) is 20.2 Å². The number of rotatable bonds is 8. The third kappa shape index (κ3) is 6.43. The number of amides is 1. The van der Waals surface area contributed by atoms with Crippen LogP contribution in [-0.4, -0.2) is 17.9 Å². The van der Waals surface area contributed by atoms with E-state index >= 15 is 0 Å². The topological polar surface area (TPSA) is 114 Å². The highest BCUT2D eigenvalue weighted by molar-refractivity contribution is 9.11. The number of nitrogens with one attached hydrogen (secondary N) is 1. The van der Waals surface area contributed by atoms with Gasteiger partial charge in [-0.05, 0) is 85.5 Å². The Kier molecular flexibility index (Phi) is 8.40. The van der Waals surface area contributed by atoms with Crippen molar-refractivity contribution in [2.75, 3.05) is 12.4 Å². The summed E-state index contributed by atoms with van der Waals surface area (Å²) < 4.78 is 12.1. The molecule has 8 nitrogen and oxygen atoms in total. The molecule has 1 amide bonds.